The highest BCUT2D eigenvalue weighted by Gasteiger charge is 2.46. The number of halogens is 3. The third-order valence-corrected chi connectivity index (χ3v) is 9.23. The summed E-state index contributed by atoms with van der Waals surface area (Å²) in [6, 6.07) is 17.7. The number of fused-ring (bicyclic) bond motifs is 2. The van der Waals surface area contributed by atoms with Crippen molar-refractivity contribution in [1.29, 1.82) is 0 Å². The Kier molecular flexibility index (Phi) is 7.09. The van der Waals surface area contributed by atoms with E-state index in [2.05, 4.69) is 21.9 Å². The number of rotatable bonds is 6. The van der Waals surface area contributed by atoms with Crippen molar-refractivity contribution in [2.45, 2.75) is 54.9 Å². The fraction of sp³-hybridized carbons (Fsp3) is 0.556. The lowest BCUT2D eigenvalue weighted by atomic mass is 9.89. The number of benzene rings is 2. The second kappa shape index (κ2) is 9.99. The van der Waals surface area contributed by atoms with Gasteiger partial charge >= 0.3 is 6.18 Å². The molecule has 0 unspecified atom stereocenters. The van der Waals surface area contributed by atoms with E-state index in [0.29, 0.717) is 10.8 Å². The maximum Gasteiger partial charge on any atom is 0.401 e. The molecule has 5 nitrogen and oxygen atoms in total. The van der Waals surface area contributed by atoms with Crippen LogP contribution in [0.1, 0.15) is 37.3 Å². The van der Waals surface area contributed by atoms with Crippen LogP contribution in [-0.4, -0.2) is 75.5 Å². The molecule has 2 aromatic rings. The molecule has 4 atom stereocenters. The van der Waals surface area contributed by atoms with Gasteiger partial charge in [0.15, 0.2) is 9.84 Å². The van der Waals surface area contributed by atoms with E-state index in [1.165, 1.54) is 11.8 Å². The molecular weight excluding hydrogens is 487 g/mol. The Morgan fingerprint density at radius 1 is 0.944 bits per heavy atom. The van der Waals surface area contributed by atoms with Crippen molar-refractivity contribution in [3.05, 3.63) is 60.2 Å². The largest absolute Gasteiger partial charge is 0.401 e. The third-order valence-electron chi connectivity index (χ3n) is 8.12. The van der Waals surface area contributed by atoms with E-state index in [4.69, 9.17) is 0 Å². The van der Waals surface area contributed by atoms with Gasteiger partial charge in [-0.05, 0) is 55.4 Å². The van der Waals surface area contributed by atoms with E-state index in [9.17, 15) is 21.6 Å². The SMILES string of the molecule is CS(=O)(=O)c1cccc(N2CCN(C[C@H]3C[C@H]4CC[C@@H](C3)N4CC(F)(F)F)[C@@H](c3ccccc3)C2)c1. The van der Waals surface area contributed by atoms with Crippen molar-refractivity contribution in [2.24, 2.45) is 5.92 Å². The van der Waals surface area contributed by atoms with Crippen LogP contribution in [0.4, 0.5) is 18.9 Å². The van der Waals surface area contributed by atoms with Gasteiger partial charge in [0.1, 0.15) is 0 Å². The van der Waals surface area contributed by atoms with Crippen LogP contribution in [-0.2, 0) is 9.84 Å². The number of anilines is 1. The number of hydrogen-bond acceptors (Lipinski definition) is 5. The van der Waals surface area contributed by atoms with Gasteiger partial charge in [0.2, 0.25) is 0 Å². The molecule has 0 spiro atoms. The first-order valence-electron chi connectivity index (χ1n) is 12.7. The van der Waals surface area contributed by atoms with Crippen LogP contribution in [0.5, 0.6) is 0 Å². The van der Waals surface area contributed by atoms with Crippen molar-refractivity contribution in [3.63, 3.8) is 0 Å². The van der Waals surface area contributed by atoms with Gasteiger partial charge in [-0.3, -0.25) is 9.80 Å². The van der Waals surface area contributed by atoms with Crippen molar-refractivity contribution in [1.82, 2.24) is 9.80 Å². The average molecular weight is 522 g/mol. The monoisotopic (exact) mass is 521 g/mol. The summed E-state index contributed by atoms with van der Waals surface area (Å²) in [7, 11) is -3.29. The minimum absolute atomic E-state index is 0.0329. The molecule has 9 heteroatoms. The van der Waals surface area contributed by atoms with Gasteiger partial charge in [-0.25, -0.2) is 8.42 Å². The topological polar surface area (TPSA) is 43.9 Å². The Bertz CT molecular complexity index is 1140. The van der Waals surface area contributed by atoms with Crippen LogP contribution < -0.4 is 4.90 Å². The second-order valence-electron chi connectivity index (χ2n) is 10.6. The van der Waals surface area contributed by atoms with E-state index < -0.39 is 22.6 Å². The van der Waals surface area contributed by atoms with Crippen LogP contribution in [0.15, 0.2) is 59.5 Å². The zero-order valence-corrected chi connectivity index (χ0v) is 21.4. The fourth-order valence-corrected chi connectivity index (χ4v) is 7.17. The maximum atomic E-state index is 13.1. The minimum Gasteiger partial charge on any atom is -0.368 e. The zero-order valence-electron chi connectivity index (χ0n) is 20.6. The molecule has 2 aromatic carbocycles. The molecule has 0 aromatic heterocycles. The first-order valence-corrected chi connectivity index (χ1v) is 14.6. The predicted octanol–water partition coefficient (Wildman–Crippen LogP) is 4.76. The highest BCUT2D eigenvalue weighted by Crippen LogP contribution is 2.41. The van der Waals surface area contributed by atoms with E-state index in [1.807, 2.05) is 24.3 Å². The third kappa shape index (κ3) is 5.73. The van der Waals surface area contributed by atoms with E-state index in [0.717, 1.165) is 57.5 Å². The molecule has 0 radical (unpaired) electrons. The van der Waals surface area contributed by atoms with E-state index in [-0.39, 0.29) is 18.1 Å². The lowest BCUT2D eigenvalue weighted by molar-refractivity contribution is -0.157. The average Bonchev–Trinajstić information content (AvgIpc) is 3.05. The zero-order chi connectivity index (χ0) is 25.5. The summed E-state index contributed by atoms with van der Waals surface area (Å²) >= 11 is 0. The van der Waals surface area contributed by atoms with E-state index >= 15 is 0 Å². The Balaban J connectivity index is 1.32. The van der Waals surface area contributed by atoms with Crippen LogP contribution in [0, 0.1) is 5.92 Å². The summed E-state index contributed by atoms with van der Waals surface area (Å²) in [5.41, 5.74) is 2.11. The number of nitrogens with zero attached hydrogens (tertiary/aromatic N) is 3. The van der Waals surface area contributed by atoms with Crippen molar-refractivity contribution in [2.75, 3.05) is 43.9 Å². The molecular formula is C27H34F3N3O2S. The van der Waals surface area contributed by atoms with Gasteiger partial charge in [0.05, 0.1) is 17.5 Å². The molecule has 3 aliphatic rings. The van der Waals surface area contributed by atoms with Gasteiger partial charge in [-0.15, -0.1) is 0 Å². The Morgan fingerprint density at radius 3 is 2.28 bits per heavy atom. The Labute approximate surface area is 211 Å². The van der Waals surface area contributed by atoms with Crippen molar-refractivity contribution in [3.8, 4) is 0 Å². The summed E-state index contributed by atoms with van der Waals surface area (Å²) in [6.07, 6.45) is 0.462. The first kappa shape index (κ1) is 25.5. The van der Waals surface area contributed by atoms with Gasteiger partial charge in [-0.2, -0.15) is 13.2 Å². The van der Waals surface area contributed by atoms with Gasteiger partial charge in [-0.1, -0.05) is 36.4 Å². The molecule has 196 valence electrons. The molecule has 3 aliphatic heterocycles. The minimum atomic E-state index is -4.14. The number of piperidine rings is 1. The Hall–Kier alpha value is -2.10. The van der Waals surface area contributed by atoms with Gasteiger partial charge in [0.25, 0.3) is 0 Å². The van der Waals surface area contributed by atoms with E-state index in [1.54, 1.807) is 23.1 Å². The highest BCUT2D eigenvalue weighted by molar-refractivity contribution is 7.90. The normalized spacial score (nSPS) is 27.9. The molecule has 0 aliphatic carbocycles. The summed E-state index contributed by atoms with van der Waals surface area (Å²) < 4.78 is 63.5. The van der Waals surface area contributed by atoms with Gasteiger partial charge < -0.3 is 4.90 Å². The van der Waals surface area contributed by atoms with Crippen molar-refractivity contribution < 1.29 is 21.6 Å². The molecule has 0 N–H and O–H groups in total. The molecule has 0 saturated carbocycles. The van der Waals surface area contributed by atoms with Crippen LogP contribution in [0.25, 0.3) is 0 Å². The summed E-state index contributed by atoms with van der Waals surface area (Å²) in [5.74, 6) is 0.387. The highest BCUT2D eigenvalue weighted by atomic mass is 32.2. The molecule has 5 rings (SSSR count). The predicted molar refractivity (Wildman–Crippen MR) is 135 cm³/mol. The summed E-state index contributed by atoms with van der Waals surface area (Å²) in [4.78, 5) is 6.77. The Morgan fingerprint density at radius 2 is 1.64 bits per heavy atom. The maximum absolute atomic E-state index is 13.1. The lowest BCUT2D eigenvalue weighted by Crippen LogP contribution is -2.52. The number of hydrogen-bond donors (Lipinski definition) is 0. The van der Waals surface area contributed by atoms with Crippen molar-refractivity contribution >= 4 is 15.5 Å². The van der Waals surface area contributed by atoms with Crippen LogP contribution in [0.2, 0.25) is 0 Å². The first-order chi connectivity index (χ1) is 17.1. The standard InChI is InChI=1S/C27H34F3N3O2S/c1-36(34,35)25-9-5-8-22(16-25)31-12-13-32(26(18-31)21-6-3-2-4-7-21)17-20-14-23-10-11-24(15-20)33(23)19-27(28,29)30/h2-9,16,20,23-24,26H,10-15,17-19H2,1H3/t20-,23+,24-,26-/m1/s1. The molecule has 3 saturated heterocycles. The summed E-state index contributed by atoms with van der Waals surface area (Å²) in [5, 5.41) is 0. The smallest absolute Gasteiger partial charge is 0.368 e. The lowest BCUT2D eigenvalue weighted by Gasteiger charge is -2.46. The fourth-order valence-electron chi connectivity index (χ4n) is 6.51. The number of sulfone groups is 1. The van der Waals surface area contributed by atoms with Crippen LogP contribution >= 0.6 is 0 Å². The number of alkyl halides is 3. The molecule has 2 bridgehead atoms. The molecule has 0 amide bonds. The molecule has 3 fully saturated rings. The number of piperazine rings is 1. The molecule has 3 heterocycles. The van der Waals surface area contributed by atoms with Gasteiger partial charge in [0, 0.05) is 50.2 Å². The second-order valence-corrected chi connectivity index (χ2v) is 12.7. The van der Waals surface area contributed by atoms with Crippen LogP contribution in [0.3, 0.4) is 0 Å². The summed E-state index contributed by atoms with van der Waals surface area (Å²) in [6.45, 7) is 2.42. The molecule has 36 heavy (non-hydrogen) atoms. The quantitative estimate of drug-likeness (QED) is 0.549.